The highest BCUT2D eigenvalue weighted by molar-refractivity contribution is 7.17. The number of carbonyl (C=O) groups excluding carboxylic acids is 1. The van der Waals surface area contributed by atoms with Crippen LogP contribution in [0.2, 0.25) is 0 Å². The number of nitrogens with zero attached hydrogens (tertiary/aromatic N) is 3. The van der Waals surface area contributed by atoms with Gasteiger partial charge in [0, 0.05) is 43.3 Å². The normalized spacial score (nSPS) is 14.5. The summed E-state index contributed by atoms with van der Waals surface area (Å²) in [6.45, 7) is 5.94. The molecule has 3 aromatic rings. The standard InChI is InChI=1S/C20H22N4O2S/c1-2-21-20(25)16-13-27-17-12-22-18(23-19(16)17)11-14-3-5-15(6-4-14)24-7-9-26-10-8-24/h3-6,12-13H,2,7-11H2,1H3,(H,21,25). The van der Waals surface area contributed by atoms with Crippen molar-refractivity contribution in [3.05, 3.63) is 52.8 Å². The number of carbonyl (C=O) groups is 1. The van der Waals surface area contributed by atoms with Crippen molar-refractivity contribution < 1.29 is 9.53 Å². The number of ether oxygens (including phenoxy) is 1. The molecule has 0 unspecified atom stereocenters. The van der Waals surface area contributed by atoms with Gasteiger partial charge in [0.1, 0.15) is 5.82 Å². The van der Waals surface area contributed by atoms with Crippen LogP contribution < -0.4 is 10.2 Å². The van der Waals surface area contributed by atoms with Crippen molar-refractivity contribution >= 4 is 33.1 Å². The number of aromatic nitrogens is 2. The van der Waals surface area contributed by atoms with E-state index in [2.05, 4.69) is 44.5 Å². The smallest absolute Gasteiger partial charge is 0.254 e. The monoisotopic (exact) mass is 382 g/mol. The van der Waals surface area contributed by atoms with Gasteiger partial charge in [0.15, 0.2) is 0 Å². The van der Waals surface area contributed by atoms with E-state index in [0.717, 1.165) is 47.9 Å². The summed E-state index contributed by atoms with van der Waals surface area (Å²) in [6.07, 6.45) is 2.46. The molecule has 1 fully saturated rings. The second kappa shape index (κ2) is 8.02. The Bertz CT molecular complexity index is 933. The first-order chi connectivity index (χ1) is 13.2. The molecule has 2 aromatic heterocycles. The molecule has 7 heteroatoms. The predicted octanol–water partition coefficient (Wildman–Crippen LogP) is 2.87. The van der Waals surface area contributed by atoms with Crippen molar-refractivity contribution in [3.63, 3.8) is 0 Å². The van der Waals surface area contributed by atoms with E-state index < -0.39 is 0 Å². The van der Waals surface area contributed by atoms with Gasteiger partial charge in [-0.15, -0.1) is 11.3 Å². The van der Waals surface area contributed by atoms with Gasteiger partial charge in [0.05, 0.1) is 29.0 Å². The maximum atomic E-state index is 12.2. The Hall–Kier alpha value is -2.51. The minimum Gasteiger partial charge on any atom is -0.378 e. The van der Waals surface area contributed by atoms with Gasteiger partial charge in [-0.2, -0.15) is 0 Å². The summed E-state index contributed by atoms with van der Waals surface area (Å²) < 4.78 is 6.34. The fraction of sp³-hybridized carbons (Fsp3) is 0.350. The number of thiophene rings is 1. The number of anilines is 1. The van der Waals surface area contributed by atoms with E-state index in [4.69, 9.17) is 4.74 Å². The molecule has 1 aliphatic rings. The lowest BCUT2D eigenvalue weighted by Gasteiger charge is -2.28. The molecule has 0 aliphatic carbocycles. The summed E-state index contributed by atoms with van der Waals surface area (Å²) in [4.78, 5) is 23.7. The molecular weight excluding hydrogens is 360 g/mol. The first kappa shape index (κ1) is 17.9. The molecule has 0 bridgehead atoms. The Morgan fingerprint density at radius 3 is 2.78 bits per heavy atom. The average Bonchev–Trinajstić information content (AvgIpc) is 3.13. The Morgan fingerprint density at radius 2 is 2.04 bits per heavy atom. The molecule has 0 spiro atoms. The van der Waals surface area contributed by atoms with Gasteiger partial charge in [-0.1, -0.05) is 12.1 Å². The van der Waals surface area contributed by atoms with Gasteiger partial charge in [-0.3, -0.25) is 4.79 Å². The summed E-state index contributed by atoms with van der Waals surface area (Å²) in [5.41, 5.74) is 3.74. The Kier molecular flexibility index (Phi) is 5.31. The molecule has 1 amide bonds. The lowest BCUT2D eigenvalue weighted by Crippen LogP contribution is -2.36. The molecule has 1 saturated heterocycles. The van der Waals surface area contributed by atoms with Crippen LogP contribution in [0.4, 0.5) is 5.69 Å². The van der Waals surface area contributed by atoms with E-state index in [1.54, 1.807) is 0 Å². The lowest BCUT2D eigenvalue weighted by atomic mass is 10.1. The first-order valence-corrected chi connectivity index (χ1v) is 10.1. The van der Waals surface area contributed by atoms with E-state index in [1.165, 1.54) is 17.0 Å². The summed E-state index contributed by atoms with van der Waals surface area (Å²) in [5.74, 6) is 0.647. The number of morpholine rings is 1. The fourth-order valence-corrected chi connectivity index (χ4v) is 4.04. The molecule has 0 atom stereocenters. The van der Waals surface area contributed by atoms with E-state index in [0.29, 0.717) is 18.5 Å². The van der Waals surface area contributed by atoms with Crippen molar-refractivity contribution in [3.8, 4) is 0 Å². The lowest BCUT2D eigenvalue weighted by molar-refractivity contribution is 0.0957. The maximum Gasteiger partial charge on any atom is 0.254 e. The number of hydrogen-bond donors (Lipinski definition) is 1. The second-order valence-electron chi connectivity index (χ2n) is 6.45. The van der Waals surface area contributed by atoms with Crippen molar-refractivity contribution in [1.82, 2.24) is 15.3 Å². The third kappa shape index (κ3) is 3.94. The molecule has 27 heavy (non-hydrogen) atoms. The quantitative estimate of drug-likeness (QED) is 0.735. The van der Waals surface area contributed by atoms with Crippen molar-refractivity contribution in [1.29, 1.82) is 0 Å². The van der Waals surface area contributed by atoms with E-state index in [-0.39, 0.29) is 5.91 Å². The minimum atomic E-state index is -0.0803. The first-order valence-electron chi connectivity index (χ1n) is 9.17. The molecule has 1 N–H and O–H groups in total. The van der Waals surface area contributed by atoms with Gasteiger partial charge >= 0.3 is 0 Å². The molecule has 140 valence electrons. The van der Waals surface area contributed by atoms with Crippen LogP contribution in [0.1, 0.15) is 28.7 Å². The fourth-order valence-electron chi connectivity index (χ4n) is 3.20. The number of rotatable bonds is 5. The largest absolute Gasteiger partial charge is 0.378 e. The maximum absolute atomic E-state index is 12.2. The van der Waals surface area contributed by atoms with Gasteiger partial charge in [-0.25, -0.2) is 9.97 Å². The third-order valence-corrected chi connectivity index (χ3v) is 5.53. The summed E-state index contributed by atoms with van der Waals surface area (Å²) in [5, 5.41) is 4.69. The van der Waals surface area contributed by atoms with Gasteiger partial charge in [0.2, 0.25) is 0 Å². The van der Waals surface area contributed by atoms with Crippen LogP contribution in [0.15, 0.2) is 35.8 Å². The summed E-state index contributed by atoms with van der Waals surface area (Å²) in [6, 6.07) is 8.53. The van der Waals surface area contributed by atoms with Gasteiger partial charge in [-0.05, 0) is 24.6 Å². The highest BCUT2D eigenvalue weighted by Crippen LogP contribution is 2.24. The Balaban J connectivity index is 1.52. The van der Waals surface area contributed by atoms with Crippen LogP contribution in [0.3, 0.4) is 0 Å². The zero-order chi connectivity index (χ0) is 18.6. The SMILES string of the molecule is CCNC(=O)c1csc2cnc(Cc3ccc(N4CCOCC4)cc3)nc12. The number of nitrogens with one attached hydrogen (secondary N) is 1. The van der Waals surface area contributed by atoms with Crippen LogP contribution >= 0.6 is 11.3 Å². The highest BCUT2D eigenvalue weighted by Gasteiger charge is 2.15. The molecule has 0 radical (unpaired) electrons. The number of fused-ring (bicyclic) bond motifs is 1. The molecule has 0 saturated carbocycles. The van der Waals surface area contributed by atoms with Gasteiger partial charge in [0.25, 0.3) is 5.91 Å². The van der Waals surface area contributed by atoms with E-state index in [9.17, 15) is 4.79 Å². The zero-order valence-corrected chi connectivity index (χ0v) is 16.1. The highest BCUT2D eigenvalue weighted by atomic mass is 32.1. The van der Waals surface area contributed by atoms with Gasteiger partial charge < -0.3 is 15.0 Å². The van der Waals surface area contributed by atoms with E-state index in [1.807, 2.05) is 18.5 Å². The third-order valence-electron chi connectivity index (χ3n) is 4.62. The molecule has 1 aliphatic heterocycles. The van der Waals surface area contributed by atoms with E-state index >= 15 is 0 Å². The van der Waals surface area contributed by atoms with Crippen LogP contribution in [0, 0.1) is 0 Å². The number of hydrogen-bond acceptors (Lipinski definition) is 6. The molecule has 6 nitrogen and oxygen atoms in total. The Labute approximate surface area is 162 Å². The second-order valence-corrected chi connectivity index (χ2v) is 7.36. The number of benzene rings is 1. The van der Waals surface area contributed by atoms with Crippen molar-refractivity contribution in [2.24, 2.45) is 0 Å². The van der Waals surface area contributed by atoms with Crippen LogP contribution in [-0.4, -0.2) is 48.7 Å². The molecule has 1 aromatic carbocycles. The summed E-state index contributed by atoms with van der Waals surface area (Å²) >= 11 is 1.50. The van der Waals surface area contributed by atoms with Crippen molar-refractivity contribution in [2.45, 2.75) is 13.3 Å². The zero-order valence-electron chi connectivity index (χ0n) is 15.3. The molecule has 3 heterocycles. The minimum absolute atomic E-state index is 0.0803. The van der Waals surface area contributed by atoms with Crippen molar-refractivity contribution in [2.75, 3.05) is 37.7 Å². The topological polar surface area (TPSA) is 67.4 Å². The predicted molar refractivity (Wildman–Crippen MR) is 108 cm³/mol. The van der Waals surface area contributed by atoms with Crippen LogP contribution in [0.5, 0.6) is 0 Å². The Morgan fingerprint density at radius 1 is 1.26 bits per heavy atom. The average molecular weight is 382 g/mol. The summed E-state index contributed by atoms with van der Waals surface area (Å²) in [7, 11) is 0. The number of amides is 1. The van der Waals surface area contributed by atoms with Crippen LogP contribution in [0.25, 0.3) is 10.2 Å². The van der Waals surface area contributed by atoms with Crippen LogP contribution in [-0.2, 0) is 11.2 Å². The molecule has 4 rings (SSSR count). The molecular formula is C20H22N4O2S.